The molecule has 0 aliphatic carbocycles. The van der Waals surface area contributed by atoms with E-state index >= 15 is 0 Å². The van der Waals surface area contributed by atoms with Crippen molar-refractivity contribution < 1.29 is 9.90 Å². The monoisotopic (exact) mass is 179 g/mol. The van der Waals surface area contributed by atoms with Gasteiger partial charge >= 0.3 is 0 Å². The average molecular weight is 179 g/mol. The highest BCUT2D eigenvalue weighted by Crippen LogP contribution is 2.10. The topological polar surface area (TPSA) is 49.3 Å². The maximum Gasteiger partial charge on any atom is 0.250 e. The Balaban J connectivity index is 2.71. The SMILES string of the molecule is CCc1cccc(NC(=O)CO)c1. The summed E-state index contributed by atoms with van der Waals surface area (Å²) in [5, 5.41) is 11.1. The maximum atomic E-state index is 10.8. The molecule has 2 N–H and O–H groups in total. The Hall–Kier alpha value is -1.35. The van der Waals surface area contributed by atoms with Crippen LogP contribution in [0.4, 0.5) is 5.69 Å². The highest BCUT2D eigenvalue weighted by atomic mass is 16.3. The predicted octanol–water partition coefficient (Wildman–Crippen LogP) is 1.18. The van der Waals surface area contributed by atoms with Crippen molar-refractivity contribution in [3.8, 4) is 0 Å². The molecule has 0 spiro atoms. The zero-order valence-corrected chi connectivity index (χ0v) is 7.58. The quantitative estimate of drug-likeness (QED) is 0.732. The second-order valence-corrected chi connectivity index (χ2v) is 2.76. The molecule has 0 saturated heterocycles. The minimum Gasteiger partial charge on any atom is -0.387 e. The van der Waals surface area contributed by atoms with Crippen molar-refractivity contribution >= 4 is 11.6 Å². The molecule has 0 bridgehead atoms. The summed E-state index contributed by atoms with van der Waals surface area (Å²) in [6, 6.07) is 7.57. The van der Waals surface area contributed by atoms with Crippen LogP contribution in [0.3, 0.4) is 0 Å². The van der Waals surface area contributed by atoms with Crippen molar-refractivity contribution in [2.24, 2.45) is 0 Å². The van der Waals surface area contributed by atoms with Crippen LogP contribution in [0.1, 0.15) is 12.5 Å². The van der Waals surface area contributed by atoms with Gasteiger partial charge in [-0.25, -0.2) is 0 Å². The number of amides is 1. The summed E-state index contributed by atoms with van der Waals surface area (Å²) >= 11 is 0. The smallest absolute Gasteiger partial charge is 0.250 e. The van der Waals surface area contributed by atoms with E-state index in [4.69, 9.17) is 5.11 Å². The molecule has 0 aromatic heterocycles. The van der Waals surface area contributed by atoms with Gasteiger partial charge < -0.3 is 10.4 Å². The van der Waals surface area contributed by atoms with Crippen molar-refractivity contribution in [1.29, 1.82) is 0 Å². The van der Waals surface area contributed by atoms with E-state index in [0.29, 0.717) is 0 Å². The molecule has 0 fully saturated rings. The van der Waals surface area contributed by atoms with Crippen molar-refractivity contribution in [3.63, 3.8) is 0 Å². The van der Waals surface area contributed by atoms with Gasteiger partial charge in [-0.3, -0.25) is 4.79 Å². The number of hydrogen-bond acceptors (Lipinski definition) is 2. The number of aliphatic hydroxyl groups excluding tert-OH is 1. The molecule has 0 aliphatic rings. The van der Waals surface area contributed by atoms with E-state index in [2.05, 4.69) is 5.32 Å². The van der Waals surface area contributed by atoms with Crippen LogP contribution in [-0.4, -0.2) is 17.6 Å². The Morgan fingerprint density at radius 1 is 1.54 bits per heavy atom. The predicted molar refractivity (Wildman–Crippen MR) is 51.5 cm³/mol. The largest absolute Gasteiger partial charge is 0.387 e. The fourth-order valence-electron chi connectivity index (χ4n) is 1.07. The molecule has 70 valence electrons. The highest BCUT2D eigenvalue weighted by molar-refractivity contribution is 5.91. The van der Waals surface area contributed by atoms with Gasteiger partial charge in [-0.1, -0.05) is 19.1 Å². The van der Waals surface area contributed by atoms with E-state index in [9.17, 15) is 4.79 Å². The third kappa shape index (κ3) is 2.87. The number of benzene rings is 1. The fourth-order valence-corrected chi connectivity index (χ4v) is 1.07. The number of carbonyl (C=O) groups is 1. The first-order valence-corrected chi connectivity index (χ1v) is 4.26. The molecule has 0 aliphatic heterocycles. The van der Waals surface area contributed by atoms with Gasteiger partial charge in [0.25, 0.3) is 0 Å². The van der Waals surface area contributed by atoms with E-state index in [1.54, 1.807) is 6.07 Å². The van der Waals surface area contributed by atoms with E-state index in [1.165, 1.54) is 0 Å². The van der Waals surface area contributed by atoms with Crippen LogP contribution in [0.5, 0.6) is 0 Å². The Labute approximate surface area is 77.4 Å². The van der Waals surface area contributed by atoms with Gasteiger partial charge in [-0.05, 0) is 24.1 Å². The lowest BCUT2D eigenvalue weighted by Gasteiger charge is -2.04. The summed E-state index contributed by atoms with van der Waals surface area (Å²) in [7, 11) is 0. The number of anilines is 1. The summed E-state index contributed by atoms with van der Waals surface area (Å²) in [6.45, 7) is 1.57. The number of aryl methyl sites for hydroxylation is 1. The number of nitrogens with one attached hydrogen (secondary N) is 1. The molecule has 3 heteroatoms. The maximum absolute atomic E-state index is 10.8. The van der Waals surface area contributed by atoms with Gasteiger partial charge in [0.1, 0.15) is 6.61 Å². The van der Waals surface area contributed by atoms with Crippen LogP contribution < -0.4 is 5.32 Å². The highest BCUT2D eigenvalue weighted by Gasteiger charge is 1.99. The Morgan fingerprint density at radius 3 is 2.92 bits per heavy atom. The summed E-state index contributed by atoms with van der Waals surface area (Å²) in [6.07, 6.45) is 0.933. The summed E-state index contributed by atoms with van der Waals surface area (Å²) in [5.74, 6) is -0.381. The van der Waals surface area contributed by atoms with Gasteiger partial charge in [0.15, 0.2) is 0 Å². The molecule has 3 nitrogen and oxygen atoms in total. The second-order valence-electron chi connectivity index (χ2n) is 2.76. The molecule has 1 aromatic rings. The van der Waals surface area contributed by atoms with Crippen molar-refractivity contribution in [3.05, 3.63) is 29.8 Å². The first-order chi connectivity index (χ1) is 6.26. The standard InChI is InChI=1S/C10H13NO2/c1-2-8-4-3-5-9(6-8)11-10(13)7-12/h3-6,12H,2,7H2,1H3,(H,11,13). The number of hydrogen-bond donors (Lipinski definition) is 2. The lowest BCUT2D eigenvalue weighted by molar-refractivity contribution is -0.118. The number of carbonyl (C=O) groups excluding carboxylic acids is 1. The summed E-state index contributed by atoms with van der Waals surface area (Å²) in [5.41, 5.74) is 1.90. The van der Waals surface area contributed by atoms with Crippen LogP contribution in [0.2, 0.25) is 0 Å². The van der Waals surface area contributed by atoms with E-state index in [0.717, 1.165) is 17.7 Å². The van der Waals surface area contributed by atoms with Gasteiger partial charge in [0, 0.05) is 5.69 Å². The van der Waals surface area contributed by atoms with Crippen LogP contribution in [0.25, 0.3) is 0 Å². The Bertz CT molecular complexity index is 297. The molecule has 0 saturated carbocycles. The second kappa shape index (κ2) is 4.62. The normalized spacial score (nSPS) is 9.69. The Kier molecular flexibility index (Phi) is 3.46. The Morgan fingerprint density at radius 2 is 2.31 bits per heavy atom. The molecular weight excluding hydrogens is 166 g/mol. The third-order valence-electron chi connectivity index (χ3n) is 1.76. The minimum absolute atomic E-state index is 0.381. The average Bonchev–Trinajstić information content (AvgIpc) is 2.18. The lowest BCUT2D eigenvalue weighted by Crippen LogP contribution is -2.15. The summed E-state index contributed by atoms with van der Waals surface area (Å²) in [4.78, 5) is 10.8. The van der Waals surface area contributed by atoms with Gasteiger partial charge in [0.05, 0.1) is 0 Å². The molecule has 0 radical (unpaired) electrons. The van der Waals surface area contributed by atoms with Crippen LogP contribution in [0, 0.1) is 0 Å². The fraction of sp³-hybridized carbons (Fsp3) is 0.300. The van der Waals surface area contributed by atoms with Crippen molar-refractivity contribution in [2.75, 3.05) is 11.9 Å². The molecule has 13 heavy (non-hydrogen) atoms. The van der Waals surface area contributed by atoms with Crippen LogP contribution >= 0.6 is 0 Å². The third-order valence-corrected chi connectivity index (χ3v) is 1.76. The van der Waals surface area contributed by atoms with E-state index < -0.39 is 6.61 Å². The molecule has 1 aromatic carbocycles. The van der Waals surface area contributed by atoms with Crippen molar-refractivity contribution in [2.45, 2.75) is 13.3 Å². The molecular formula is C10H13NO2. The first kappa shape index (κ1) is 9.74. The molecule has 0 atom stereocenters. The first-order valence-electron chi connectivity index (χ1n) is 4.26. The van der Waals surface area contributed by atoms with Crippen molar-refractivity contribution in [1.82, 2.24) is 0 Å². The van der Waals surface area contributed by atoms with Gasteiger partial charge in [0.2, 0.25) is 5.91 Å². The van der Waals surface area contributed by atoms with E-state index in [-0.39, 0.29) is 5.91 Å². The minimum atomic E-state index is -0.476. The molecule has 0 unspecified atom stereocenters. The van der Waals surface area contributed by atoms with Gasteiger partial charge in [-0.2, -0.15) is 0 Å². The number of aliphatic hydroxyl groups is 1. The van der Waals surface area contributed by atoms with E-state index in [1.807, 2.05) is 25.1 Å². The molecule has 1 rings (SSSR count). The van der Waals surface area contributed by atoms with Gasteiger partial charge in [-0.15, -0.1) is 0 Å². The molecule has 1 amide bonds. The van der Waals surface area contributed by atoms with Crippen LogP contribution in [-0.2, 0) is 11.2 Å². The zero-order chi connectivity index (χ0) is 9.68. The summed E-state index contributed by atoms with van der Waals surface area (Å²) < 4.78 is 0. The number of rotatable bonds is 3. The molecule has 0 heterocycles. The lowest BCUT2D eigenvalue weighted by atomic mass is 10.1. The zero-order valence-electron chi connectivity index (χ0n) is 7.58. The van der Waals surface area contributed by atoms with Crippen LogP contribution in [0.15, 0.2) is 24.3 Å².